The maximum absolute atomic E-state index is 9.75. The number of hydrogen-bond acceptors (Lipinski definition) is 4. The minimum Gasteiger partial charge on any atom is -0.389 e. The number of aromatic nitrogens is 2. The fraction of sp³-hybridized carbons (Fsp3) is 0.636. The van der Waals surface area contributed by atoms with Crippen LogP contribution in [-0.2, 0) is 0 Å². The van der Waals surface area contributed by atoms with E-state index in [0.29, 0.717) is 11.7 Å². The summed E-state index contributed by atoms with van der Waals surface area (Å²) in [7, 11) is 1.88. The highest BCUT2D eigenvalue weighted by Crippen LogP contribution is 2.23. The Morgan fingerprint density at radius 1 is 1.25 bits per heavy atom. The third-order valence-corrected chi connectivity index (χ3v) is 2.78. The molecule has 0 aliphatic carbocycles. The van der Waals surface area contributed by atoms with Gasteiger partial charge in [-0.1, -0.05) is 11.6 Å². The van der Waals surface area contributed by atoms with E-state index in [1.165, 1.54) is 0 Å². The van der Waals surface area contributed by atoms with Crippen molar-refractivity contribution in [3.05, 3.63) is 16.3 Å². The van der Waals surface area contributed by atoms with Crippen molar-refractivity contribution < 1.29 is 5.11 Å². The molecular formula is C11H18ClN3O. The third kappa shape index (κ3) is 3.06. The van der Waals surface area contributed by atoms with Gasteiger partial charge in [0.1, 0.15) is 0 Å². The molecule has 0 aliphatic rings. The second-order valence-electron chi connectivity index (χ2n) is 4.73. The summed E-state index contributed by atoms with van der Waals surface area (Å²) in [5, 5.41) is 18.1. The van der Waals surface area contributed by atoms with E-state index in [4.69, 9.17) is 11.6 Å². The number of halogens is 1. The summed E-state index contributed by atoms with van der Waals surface area (Å²) in [4.78, 5) is 1.88. The zero-order chi connectivity index (χ0) is 12.5. The van der Waals surface area contributed by atoms with Gasteiger partial charge in [-0.3, -0.25) is 0 Å². The minimum absolute atomic E-state index is 0.429. The second-order valence-corrected chi connectivity index (χ2v) is 5.09. The van der Waals surface area contributed by atoms with Crippen LogP contribution in [0.1, 0.15) is 25.0 Å². The molecule has 0 amide bonds. The molecule has 0 unspecified atom stereocenters. The standard InChI is InChI=1S/C11H18ClN3O/c1-7-8(2)10(14-13-9(7)12)15(5)6-11(3,4)16/h16H,6H2,1-5H3. The highest BCUT2D eigenvalue weighted by Gasteiger charge is 2.19. The van der Waals surface area contributed by atoms with Crippen LogP contribution in [0.3, 0.4) is 0 Å². The predicted octanol–water partition coefficient (Wildman–Crippen LogP) is 1.95. The molecule has 1 aromatic rings. The smallest absolute Gasteiger partial charge is 0.155 e. The van der Waals surface area contributed by atoms with Gasteiger partial charge in [-0.05, 0) is 38.8 Å². The number of likely N-dealkylation sites (N-methyl/N-ethyl adjacent to an activating group) is 1. The van der Waals surface area contributed by atoms with E-state index in [1.54, 1.807) is 13.8 Å². The Kier molecular flexibility index (Phi) is 3.76. The Bertz CT molecular complexity index is 388. The average Bonchev–Trinajstić information content (AvgIpc) is 2.11. The molecule has 1 heterocycles. The minimum atomic E-state index is -0.767. The van der Waals surface area contributed by atoms with Crippen LogP contribution in [0.2, 0.25) is 5.15 Å². The molecule has 0 aromatic carbocycles. The molecule has 0 aliphatic heterocycles. The fourth-order valence-electron chi connectivity index (χ4n) is 1.58. The maximum Gasteiger partial charge on any atom is 0.155 e. The fourth-order valence-corrected chi connectivity index (χ4v) is 1.76. The molecule has 0 fully saturated rings. The van der Waals surface area contributed by atoms with Gasteiger partial charge in [0, 0.05) is 13.6 Å². The summed E-state index contributed by atoms with van der Waals surface area (Å²) in [5.41, 5.74) is 1.15. The lowest BCUT2D eigenvalue weighted by atomic mass is 10.1. The number of hydrogen-bond donors (Lipinski definition) is 1. The van der Waals surface area contributed by atoms with E-state index in [9.17, 15) is 5.11 Å². The first-order valence-electron chi connectivity index (χ1n) is 5.15. The molecular weight excluding hydrogens is 226 g/mol. The predicted molar refractivity (Wildman–Crippen MR) is 66.1 cm³/mol. The topological polar surface area (TPSA) is 49.2 Å². The van der Waals surface area contributed by atoms with E-state index >= 15 is 0 Å². The van der Waals surface area contributed by atoms with Crippen LogP contribution >= 0.6 is 11.6 Å². The van der Waals surface area contributed by atoms with Crippen molar-refractivity contribution in [3.8, 4) is 0 Å². The van der Waals surface area contributed by atoms with E-state index in [2.05, 4.69) is 10.2 Å². The van der Waals surface area contributed by atoms with Gasteiger partial charge in [-0.2, -0.15) is 0 Å². The molecule has 0 spiro atoms. The van der Waals surface area contributed by atoms with Crippen LogP contribution in [0, 0.1) is 13.8 Å². The summed E-state index contributed by atoms with van der Waals surface area (Å²) < 4.78 is 0. The van der Waals surface area contributed by atoms with Crippen molar-refractivity contribution in [3.63, 3.8) is 0 Å². The van der Waals surface area contributed by atoms with Crippen molar-refractivity contribution in [1.29, 1.82) is 0 Å². The van der Waals surface area contributed by atoms with Crippen LogP contribution in [0.25, 0.3) is 0 Å². The number of aliphatic hydroxyl groups is 1. The summed E-state index contributed by atoms with van der Waals surface area (Å²) in [6, 6.07) is 0. The van der Waals surface area contributed by atoms with Crippen LogP contribution in [-0.4, -0.2) is 34.5 Å². The van der Waals surface area contributed by atoms with E-state index in [0.717, 1.165) is 16.9 Å². The van der Waals surface area contributed by atoms with Crippen LogP contribution in [0.4, 0.5) is 5.82 Å². The molecule has 4 nitrogen and oxygen atoms in total. The SMILES string of the molecule is Cc1c(Cl)nnc(N(C)CC(C)(C)O)c1C. The Labute approximate surface area is 101 Å². The van der Waals surface area contributed by atoms with Crippen molar-refractivity contribution in [2.75, 3.05) is 18.5 Å². The van der Waals surface area contributed by atoms with Gasteiger partial charge in [0.05, 0.1) is 5.60 Å². The van der Waals surface area contributed by atoms with Crippen molar-refractivity contribution in [2.45, 2.75) is 33.3 Å². The first kappa shape index (κ1) is 13.2. The number of nitrogens with zero attached hydrogens (tertiary/aromatic N) is 3. The van der Waals surface area contributed by atoms with Crippen LogP contribution in [0.5, 0.6) is 0 Å². The number of anilines is 1. The molecule has 90 valence electrons. The Morgan fingerprint density at radius 3 is 2.31 bits per heavy atom. The molecule has 0 radical (unpaired) electrons. The van der Waals surface area contributed by atoms with E-state index < -0.39 is 5.60 Å². The van der Waals surface area contributed by atoms with Gasteiger partial charge in [-0.25, -0.2) is 0 Å². The lowest BCUT2D eigenvalue weighted by Gasteiger charge is -2.27. The van der Waals surface area contributed by atoms with Crippen molar-refractivity contribution >= 4 is 17.4 Å². The number of rotatable bonds is 3. The zero-order valence-electron chi connectivity index (χ0n) is 10.4. The zero-order valence-corrected chi connectivity index (χ0v) is 11.1. The highest BCUT2D eigenvalue weighted by molar-refractivity contribution is 6.30. The van der Waals surface area contributed by atoms with E-state index in [1.807, 2.05) is 25.8 Å². The van der Waals surface area contributed by atoms with Crippen molar-refractivity contribution in [1.82, 2.24) is 10.2 Å². The summed E-state index contributed by atoms with van der Waals surface area (Å²) in [6.07, 6.45) is 0. The normalized spacial score (nSPS) is 11.7. The molecule has 0 bridgehead atoms. The lowest BCUT2D eigenvalue weighted by molar-refractivity contribution is 0.0884. The lowest BCUT2D eigenvalue weighted by Crippen LogP contribution is -2.37. The van der Waals surface area contributed by atoms with Crippen LogP contribution in [0.15, 0.2) is 0 Å². The Balaban J connectivity index is 3.01. The van der Waals surface area contributed by atoms with Gasteiger partial charge in [0.25, 0.3) is 0 Å². The molecule has 0 saturated heterocycles. The first-order valence-corrected chi connectivity index (χ1v) is 5.53. The maximum atomic E-state index is 9.75. The van der Waals surface area contributed by atoms with Gasteiger partial charge in [0.15, 0.2) is 11.0 Å². The summed E-state index contributed by atoms with van der Waals surface area (Å²) in [6.45, 7) is 7.87. The van der Waals surface area contributed by atoms with E-state index in [-0.39, 0.29) is 0 Å². The van der Waals surface area contributed by atoms with Crippen molar-refractivity contribution in [2.24, 2.45) is 0 Å². The third-order valence-electron chi connectivity index (χ3n) is 2.43. The molecule has 5 heteroatoms. The molecule has 16 heavy (non-hydrogen) atoms. The Hall–Kier alpha value is -0.870. The quantitative estimate of drug-likeness (QED) is 0.882. The molecule has 0 saturated carbocycles. The average molecular weight is 244 g/mol. The van der Waals surface area contributed by atoms with Crippen LogP contribution < -0.4 is 4.90 Å². The summed E-state index contributed by atoms with van der Waals surface area (Å²) >= 11 is 5.88. The second kappa shape index (κ2) is 4.55. The molecule has 1 rings (SSSR count). The van der Waals surface area contributed by atoms with Gasteiger partial charge in [-0.15, -0.1) is 10.2 Å². The Morgan fingerprint density at radius 2 is 1.81 bits per heavy atom. The van der Waals surface area contributed by atoms with Gasteiger partial charge in [0.2, 0.25) is 0 Å². The van der Waals surface area contributed by atoms with Gasteiger partial charge < -0.3 is 10.0 Å². The first-order chi connectivity index (χ1) is 7.22. The van der Waals surface area contributed by atoms with Gasteiger partial charge >= 0.3 is 0 Å². The highest BCUT2D eigenvalue weighted by atomic mass is 35.5. The summed E-state index contributed by atoms with van der Waals surface area (Å²) in [5.74, 6) is 0.754. The molecule has 1 aromatic heterocycles. The molecule has 1 N–H and O–H groups in total. The molecule has 0 atom stereocenters. The monoisotopic (exact) mass is 243 g/mol. The largest absolute Gasteiger partial charge is 0.389 e.